The molecule has 5 heteroatoms. The molecule has 0 unspecified atom stereocenters. The van der Waals surface area contributed by atoms with Crippen LogP contribution in [0.3, 0.4) is 0 Å². The minimum atomic E-state index is -0.243. The summed E-state index contributed by atoms with van der Waals surface area (Å²) in [5.74, 6) is 1.36. The van der Waals surface area contributed by atoms with Crippen LogP contribution >= 0.6 is 11.6 Å². The van der Waals surface area contributed by atoms with Gasteiger partial charge < -0.3 is 20.3 Å². The number of ether oxygens (including phenoxy) is 2. The second kappa shape index (κ2) is 5.34. The van der Waals surface area contributed by atoms with Gasteiger partial charge in [-0.15, -0.1) is 0 Å². The van der Waals surface area contributed by atoms with Crippen LogP contribution in [0, 0.1) is 0 Å². The van der Waals surface area contributed by atoms with Crippen molar-refractivity contribution < 1.29 is 14.6 Å². The summed E-state index contributed by atoms with van der Waals surface area (Å²) >= 11 is 6.18. The summed E-state index contributed by atoms with van der Waals surface area (Å²) in [5.41, 5.74) is 6.55. The van der Waals surface area contributed by atoms with Crippen LogP contribution in [0.25, 0.3) is 0 Å². The first-order valence-electron chi connectivity index (χ1n) is 7.19. The molecule has 0 spiro atoms. The van der Waals surface area contributed by atoms with E-state index in [1.165, 1.54) is 0 Å². The molecular formula is C15H20ClNO3. The molecule has 2 aliphatic rings. The Bertz CT molecular complexity index is 512. The average Bonchev–Trinajstić information content (AvgIpc) is 2.81. The lowest BCUT2D eigenvalue weighted by Crippen LogP contribution is -2.32. The maximum atomic E-state index is 10.5. The Kier molecular flexibility index (Phi) is 3.69. The molecule has 1 heterocycles. The van der Waals surface area contributed by atoms with Crippen molar-refractivity contribution in [3.05, 3.63) is 16.7 Å². The van der Waals surface area contributed by atoms with E-state index in [0.29, 0.717) is 36.3 Å². The van der Waals surface area contributed by atoms with E-state index in [2.05, 4.69) is 0 Å². The van der Waals surface area contributed by atoms with Gasteiger partial charge in [0, 0.05) is 30.0 Å². The largest absolute Gasteiger partial charge is 0.506 e. The fraction of sp³-hybridized carbons (Fsp3) is 0.600. The molecule has 0 radical (unpaired) electrons. The van der Waals surface area contributed by atoms with Crippen LogP contribution in [-0.2, 0) is 5.41 Å². The molecule has 4 nitrogen and oxygen atoms in total. The number of nitrogens with two attached hydrogens (primary N) is 1. The lowest BCUT2D eigenvalue weighted by atomic mass is 9.77. The molecule has 1 aromatic carbocycles. The Morgan fingerprint density at radius 1 is 1.20 bits per heavy atom. The van der Waals surface area contributed by atoms with Crippen molar-refractivity contribution in [2.24, 2.45) is 5.73 Å². The van der Waals surface area contributed by atoms with Crippen molar-refractivity contribution in [1.29, 1.82) is 0 Å². The molecule has 1 fully saturated rings. The Labute approximate surface area is 123 Å². The second-order valence-electron chi connectivity index (χ2n) is 5.65. The lowest BCUT2D eigenvalue weighted by molar-refractivity contribution is 0.291. The predicted molar refractivity (Wildman–Crippen MR) is 77.9 cm³/mol. The van der Waals surface area contributed by atoms with E-state index in [1.54, 1.807) is 6.07 Å². The molecular weight excluding hydrogens is 278 g/mol. The number of hydrogen-bond donors (Lipinski definition) is 2. The summed E-state index contributed by atoms with van der Waals surface area (Å²) in [6, 6.07) is 1.64. The minimum absolute atomic E-state index is 0.100. The first-order chi connectivity index (χ1) is 9.68. The Hall–Kier alpha value is -1.13. The fourth-order valence-corrected chi connectivity index (χ4v) is 3.56. The van der Waals surface area contributed by atoms with Gasteiger partial charge in [0.05, 0.1) is 18.2 Å². The second-order valence-corrected chi connectivity index (χ2v) is 6.06. The van der Waals surface area contributed by atoms with Crippen LogP contribution in [-0.4, -0.2) is 24.9 Å². The number of hydrogen-bond acceptors (Lipinski definition) is 4. The van der Waals surface area contributed by atoms with Gasteiger partial charge in [0.15, 0.2) is 11.5 Å². The van der Waals surface area contributed by atoms with E-state index < -0.39 is 0 Å². The number of aromatic hydroxyl groups is 1. The third kappa shape index (κ3) is 2.11. The first-order valence-corrected chi connectivity index (χ1v) is 7.57. The van der Waals surface area contributed by atoms with Crippen molar-refractivity contribution in [2.75, 3.05) is 19.8 Å². The molecule has 3 rings (SSSR count). The van der Waals surface area contributed by atoms with Crippen LogP contribution in [0.4, 0.5) is 0 Å². The lowest BCUT2D eigenvalue weighted by Gasteiger charge is -2.31. The summed E-state index contributed by atoms with van der Waals surface area (Å²) in [4.78, 5) is 0. The van der Waals surface area contributed by atoms with E-state index in [0.717, 1.165) is 37.7 Å². The standard InChI is InChI=1S/C15H20ClNO3/c16-10-8-11-14(20-7-3-6-19-11)12(13(10)18)15(9-17)4-1-2-5-15/h8,18H,1-7,9,17H2. The van der Waals surface area contributed by atoms with E-state index in [4.69, 9.17) is 26.8 Å². The van der Waals surface area contributed by atoms with Crippen molar-refractivity contribution in [1.82, 2.24) is 0 Å². The highest BCUT2D eigenvalue weighted by Crippen LogP contribution is 2.53. The maximum absolute atomic E-state index is 10.5. The maximum Gasteiger partial charge on any atom is 0.168 e. The smallest absolute Gasteiger partial charge is 0.168 e. The molecule has 110 valence electrons. The minimum Gasteiger partial charge on any atom is -0.506 e. The van der Waals surface area contributed by atoms with Crippen LogP contribution in [0.2, 0.25) is 5.02 Å². The molecule has 0 atom stereocenters. The van der Waals surface area contributed by atoms with Crippen LogP contribution in [0.15, 0.2) is 6.07 Å². The highest BCUT2D eigenvalue weighted by atomic mass is 35.5. The van der Waals surface area contributed by atoms with E-state index in [1.807, 2.05) is 0 Å². The Balaban J connectivity index is 2.20. The van der Waals surface area contributed by atoms with E-state index >= 15 is 0 Å². The van der Waals surface area contributed by atoms with Gasteiger partial charge in [0.2, 0.25) is 0 Å². The highest BCUT2D eigenvalue weighted by molar-refractivity contribution is 6.32. The van der Waals surface area contributed by atoms with Gasteiger partial charge in [-0.2, -0.15) is 0 Å². The fourth-order valence-electron chi connectivity index (χ4n) is 3.36. The van der Waals surface area contributed by atoms with Crippen LogP contribution < -0.4 is 15.2 Å². The zero-order chi connectivity index (χ0) is 14.2. The Morgan fingerprint density at radius 3 is 2.60 bits per heavy atom. The summed E-state index contributed by atoms with van der Waals surface area (Å²) in [5, 5.41) is 10.8. The quantitative estimate of drug-likeness (QED) is 0.881. The number of phenolic OH excluding ortho intramolecular Hbond substituents is 1. The molecule has 0 saturated heterocycles. The van der Waals surface area contributed by atoms with Gasteiger partial charge in [-0.25, -0.2) is 0 Å². The topological polar surface area (TPSA) is 64.7 Å². The number of halogens is 1. The molecule has 1 saturated carbocycles. The summed E-state index contributed by atoms with van der Waals surface area (Å²) in [7, 11) is 0. The molecule has 20 heavy (non-hydrogen) atoms. The van der Waals surface area contributed by atoms with E-state index in [9.17, 15) is 5.11 Å². The van der Waals surface area contributed by atoms with Gasteiger partial charge in [0.25, 0.3) is 0 Å². The monoisotopic (exact) mass is 297 g/mol. The number of benzene rings is 1. The molecule has 0 amide bonds. The van der Waals surface area contributed by atoms with Gasteiger partial charge in [-0.3, -0.25) is 0 Å². The molecule has 0 aromatic heterocycles. The van der Waals surface area contributed by atoms with Gasteiger partial charge in [-0.1, -0.05) is 24.4 Å². The number of phenols is 1. The normalized spacial score (nSPS) is 20.7. The van der Waals surface area contributed by atoms with Gasteiger partial charge in [-0.05, 0) is 12.8 Å². The third-order valence-corrected chi connectivity index (χ3v) is 4.73. The summed E-state index contributed by atoms with van der Waals surface area (Å²) in [6.07, 6.45) is 4.94. The predicted octanol–water partition coefficient (Wildman–Crippen LogP) is 2.98. The van der Waals surface area contributed by atoms with Crippen LogP contribution in [0.1, 0.15) is 37.7 Å². The molecule has 3 N–H and O–H groups in total. The van der Waals surface area contributed by atoms with Crippen molar-refractivity contribution >= 4 is 11.6 Å². The van der Waals surface area contributed by atoms with Crippen molar-refractivity contribution in [2.45, 2.75) is 37.5 Å². The number of rotatable bonds is 2. The summed E-state index contributed by atoms with van der Waals surface area (Å²) < 4.78 is 11.6. The number of fused-ring (bicyclic) bond motifs is 1. The van der Waals surface area contributed by atoms with Crippen molar-refractivity contribution in [3.8, 4) is 17.2 Å². The molecule has 0 bridgehead atoms. The molecule has 1 aliphatic heterocycles. The van der Waals surface area contributed by atoms with Crippen molar-refractivity contribution in [3.63, 3.8) is 0 Å². The SMILES string of the molecule is NCC1(c2c(O)c(Cl)cc3c2OCCCO3)CCCC1. The zero-order valence-corrected chi connectivity index (χ0v) is 12.2. The molecule has 1 aliphatic carbocycles. The summed E-state index contributed by atoms with van der Waals surface area (Å²) in [6.45, 7) is 1.67. The van der Waals surface area contributed by atoms with Gasteiger partial charge in [0.1, 0.15) is 5.75 Å². The average molecular weight is 298 g/mol. The zero-order valence-electron chi connectivity index (χ0n) is 11.5. The highest BCUT2D eigenvalue weighted by Gasteiger charge is 2.41. The first kappa shape index (κ1) is 13.8. The third-order valence-electron chi connectivity index (χ3n) is 4.45. The Morgan fingerprint density at radius 2 is 1.90 bits per heavy atom. The van der Waals surface area contributed by atoms with Crippen LogP contribution in [0.5, 0.6) is 17.2 Å². The van der Waals surface area contributed by atoms with E-state index in [-0.39, 0.29) is 11.2 Å². The molecule has 1 aromatic rings. The van der Waals surface area contributed by atoms with Gasteiger partial charge >= 0.3 is 0 Å².